The van der Waals surface area contributed by atoms with E-state index in [0.717, 1.165) is 10.9 Å². The summed E-state index contributed by atoms with van der Waals surface area (Å²) in [5.74, 6) is 3.49. The molecule has 0 atom stereocenters. The molecule has 12 heteroatoms. The third-order valence-electron chi connectivity index (χ3n) is 5.93. The van der Waals surface area contributed by atoms with E-state index in [4.69, 9.17) is 20.2 Å². The molecule has 1 aromatic carbocycles. The fraction of sp³-hybridized carbons (Fsp3) is 0.381. The Kier molecular flexibility index (Phi) is 5.98. The molecule has 0 unspecified atom stereocenters. The zero-order valence-corrected chi connectivity index (χ0v) is 19.4. The number of benzene rings is 1. The van der Waals surface area contributed by atoms with Crippen LogP contribution < -0.4 is 29.9 Å². The number of methoxy groups -OCH3 is 2. The minimum absolute atomic E-state index is 0. The number of fused-ring (bicyclic) bond motifs is 2. The lowest BCUT2D eigenvalue weighted by atomic mass is 10.2. The Balaban J connectivity index is 0.00000259. The summed E-state index contributed by atoms with van der Waals surface area (Å²) in [5.41, 5.74) is 7.80. The number of ether oxygens (including phenoxy) is 2. The summed E-state index contributed by atoms with van der Waals surface area (Å²) >= 11 is 0. The average molecular weight is 473 g/mol. The molecule has 2 aliphatic rings. The van der Waals surface area contributed by atoms with Crippen LogP contribution in [0.2, 0.25) is 0 Å². The average Bonchev–Trinajstić information content (AvgIpc) is 3.11. The van der Waals surface area contributed by atoms with Crippen LogP contribution in [0.25, 0.3) is 10.9 Å². The second-order valence-electron chi connectivity index (χ2n) is 7.76. The first-order valence-electron chi connectivity index (χ1n) is 10.3. The molecule has 0 aliphatic carbocycles. The quantitative estimate of drug-likeness (QED) is 0.594. The van der Waals surface area contributed by atoms with Crippen molar-refractivity contribution < 1.29 is 14.3 Å². The summed E-state index contributed by atoms with van der Waals surface area (Å²) in [4.78, 5) is 36.0. The van der Waals surface area contributed by atoms with Crippen LogP contribution in [0.5, 0.6) is 11.5 Å². The normalized spacial score (nSPS) is 15.5. The summed E-state index contributed by atoms with van der Waals surface area (Å²) in [6.45, 7) is 2.77. The number of carbonyl (C=O) groups excluding carboxylic acids is 1. The number of piperazine rings is 1. The summed E-state index contributed by atoms with van der Waals surface area (Å²) in [7, 11) is 4.91. The van der Waals surface area contributed by atoms with Crippen LogP contribution >= 0.6 is 12.4 Å². The van der Waals surface area contributed by atoms with Gasteiger partial charge in [0, 0.05) is 56.4 Å². The molecule has 1 amide bonds. The van der Waals surface area contributed by atoms with Gasteiger partial charge in [-0.2, -0.15) is 9.97 Å². The number of aromatic nitrogens is 4. The first kappa shape index (κ1) is 22.6. The molecule has 4 heterocycles. The van der Waals surface area contributed by atoms with Gasteiger partial charge in [0.15, 0.2) is 11.5 Å². The minimum atomic E-state index is 0. The number of amides is 1. The molecule has 0 saturated carbocycles. The highest BCUT2D eigenvalue weighted by molar-refractivity contribution is 5.99. The molecule has 0 spiro atoms. The Morgan fingerprint density at radius 1 is 0.939 bits per heavy atom. The second kappa shape index (κ2) is 8.74. The van der Waals surface area contributed by atoms with Crippen LogP contribution in [0.15, 0.2) is 18.3 Å². The van der Waals surface area contributed by atoms with E-state index in [1.54, 1.807) is 38.4 Å². The molecule has 5 rings (SSSR count). The molecule has 2 N–H and O–H groups in total. The fourth-order valence-electron chi connectivity index (χ4n) is 4.07. The Morgan fingerprint density at radius 3 is 2.24 bits per heavy atom. The minimum Gasteiger partial charge on any atom is -0.493 e. The summed E-state index contributed by atoms with van der Waals surface area (Å²) in [5, 5.41) is 0.718. The molecule has 1 fully saturated rings. The molecule has 3 aromatic rings. The number of nitrogens with two attached hydrogens (primary N) is 1. The maximum atomic E-state index is 11.9. The van der Waals surface area contributed by atoms with Gasteiger partial charge >= 0.3 is 0 Å². The Labute approximate surface area is 196 Å². The van der Waals surface area contributed by atoms with Gasteiger partial charge in [0.25, 0.3) is 0 Å². The molecular formula is C21H25ClN8O3. The van der Waals surface area contributed by atoms with Gasteiger partial charge in [0.05, 0.1) is 26.2 Å². The molecule has 11 nitrogen and oxygen atoms in total. The maximum Gasteiger partial charge on any atom is 0.232 e. The second-order valence-corrected chi connectivity index (χ2v) is 7.76. The highest BCUT2D eigenvalue weighted by Crippen LogP contribution is 2.34. The smallest absolute Gasteiger partial charge is 0.232 e. The van der Waals surface area contributed by atoms with E-state index in [1.165, 1.54) is 0 Å². The van der Waals surface area contributed by atoms with Crippen molar-refractivity contribution in [3.05, 3.63) is 23.9 Å². The number of likely N-dealkylation sites (N-methyl/N-ethyl adjacent to an activating group) is 1. The monoisotopic (exact) mass is 472 g/mol. The van der Waals surface area contributed by atoms with Crippen molar-refractivity contribution in [1.29, 1.82) is 0 Å². The number of hydrogen-bond donors (Lipinski definition) is 1. The van der Waals surface area contributed by atoms with Crippen LogP contribution in [0.1, 0.15) is 5.56 Å². The van der Waals surface area contributed by atoms with Crippen molar-refractivity contribution in [3.8, 4) is 11.5 Å². The van der Waals surface area contributed by atoms with E-state index >= 15 is 0 Å². The van der Waals surface area contributed by atoms with Gasteiger partial charge in [-0.25, -0.2) is 9.97 Å². The molecular weight excluding hydrogens is 448 g/mol. The standard InChI is InChI=1S/C21H24N8O3.ClH/c1-27-17(30)8-12-11-23-20(26-19(12)27)28-4-6-29(7-5-28)21-24-14-10-16(32-3)15(31-2)9-13(14)18(22)25-21;/h9-11H,4-8H2,1-3H3,(H2,22,24,25);1H. The maximum absolute atomic E-state index is 11.9. The molecule has 0 radical (unpaired) electrons. The third kappa shape index (κ3) is 3.88. The molecule has 1 saturated heterocycles. The Bertz CT molecular complexity index is 1220. The van der Waals surface area contributed by atoms with E-state index in [2.05, 4.69) is 24.8 Å². The first-order valence-corrected chi connectivity index (χ1v) is 10.3. The summed E-state index contributed by atoms with van der Waals surface area (Å²) in [6.07, 6.45) is 2.11. The number of anilines is 4. The van der Waals surface area contributed by atoms with Crippen LogP contribution in [-0.2, 0) is 11.2 Å². The van der Waals surface area contributed by atoms with E-state index in [0.29, 0.717) is 73.1 Å². The van der Waals surface area contributed by atoms with Crippen molar-refractivity contribution in [1.82, 2.24) is 19.9 Å². The van der Waals surface area contributed by atoms with Crippen molar-refractivity contribution >= 4 is 52.7 Å². The molecule has 174 valence electrons. The fourth-order valence-corrected chi connectivity index (χ4v) is 4.07. The first-order chi connectivity index (χ1) is 15.5. The molecule has 2 aromatic heterocycles. The van der Waals surface area contributed by atoms with Crippen LogP contribution in [0.4, 0.5) is 23.5 Å². The number of nitrogen functional groups attached to an aromatic ring is 1. The Hall–Kier alpha value is -3.60. The van der Waals surface area contributed by atoms with Crippen molar-refractivity contribution in [2.45, 2.75) is 6.42 Å². The largest absolute Gasteiger partial charge is 0.493 e. The topological polar surface area (TPSA) is 123 Å². The van der Waals surface area contributed by atoms with Crippen molar-refractivity contribution in [3.63, 3.8) is 0 Å². The van der Waals surface area contributed by atoms with Crippen molar-refractivity contribution in [2.75, 3.05) is 67.9 Å². The Morgan fingerprint density at radius 2 is 1.58 bits per heavy atom. The lowest BCUT2D eigenvalue weighted by Crippen LogP contribution is -2.47. The van der Waals surface area contributed by atoms with E-state index in [-0.39, 0.29) is 18.3 Å². The van der Waals surface area contributed by atoms with Gasteiger partial charge in [-0.1, -0.05) is 0 Å². The van der Waals surface area contributed by atoms with Gasteiger partial charge < -0.3 is 25.0 Å². The lowest BCUT2D eigenvalue weighted by Gasteiger charge is -2.35. The lowest BCUT2D eigenvalue weighted by molar-refractivity contribution is -0.117. The number of carbonyl (C=O) groups is 1. The van der Waals surface area contributed by atoms with Gasteiger partial charge in [-0.15, -0.1) is 12.4 Å². The molecule has 2 aliphatic heterocycles. The van der Waals surface area contributed by atoms with Crippen molar-refractivity contribution in [2.24, 2.45) is 0 Å². The highest BCUT2D eigenvalue weighted by Gasteiger charge is 2.28. The molecule has 33 heavy (non-hydrogen) atoms. The number of hydrogen-bond acceptors (Lipinski definition) is 10. The number of halogens is 1. The van der Waals surface area contributed by atoms with E-state index < -0.39 is 0 Å². The predicted octanol–water partition coefficient (Wildman–Crippen LogP) is 1.29. The zero-order valence-electron chi connectivity index (χ0n) is 18.6. The third-order valence-corrected chi connectivity index (χ3v) is 5.93. The van der Waals surface area contributed by atoms with Gasteiger partial charge in [-0.05, 0) is 6.07 Å². The van der Waals surface area contributed by atoms with Gasteiger partial charge in [-0.3, -0.25) is 9.69 Å². The van der Waals surface area contributed by atoms with Gasteiger partial charge in [0.2, 0.25) is 17.8 Å². The molecule has 0 bridgehead atoms. The summed E-state index contributed by atoms with van der Waals surface area (Å²) < 4.78 is 10.7. The van der Waals surface area contributed by atoms with Gasteiger partial charge in [0.1, 0.15) is 11.6 Å². The summed E-state index contributed by atoms with van der Waals surface area (Å²) in [6, 6.07) is 3.60. The van der Waals surface area contributed by atoms with Crippen LogP contribution in [0, 0.1) is 0 Å². The zero-order chi connectivity index (χ0) is 22.4. The number of nitrogens with zero attached hydrogens (tertiary/aromatic N) is 7. The van der Waals surface area contributed by atoms with E-state index in [9.17, 15) is 4.79 Å². The van der Waals surface area contributed by atoms with Crippen LogP contribution in [0.3, 0.4) is 0 Å². The van der Waals surface area contributed by atoms with Crippen LogP contribution in [-0.4, -0.2) is 73.3 Å². The predicted molar refractivity (Wildman–Crippen MR) is 128 cm³/mol. The highest BCUT2D eigenvalue weighted by atomic mass is 35.5. The van der Waals surface area contributed by atoms with E-state index in [1.807, 2.05) is 6.07 Å². The SMILES string of the molecule is COc1cc2nc(N3CCN(c4ncc5c(n4)N(C)C(=O)C5)CC3)nc(N)c2cc1OC.Cl. The number of rotatable bonds is 4.